The van der Waals surface area contributed by atoms with E-state index in [2.05, 4.69) is 0 Å². The molecule has 0 bridgehead atoms. The lowest BCUT2D eigenvalue weighted by atomic mass is 9.70. The van der Waals surface area contributed by atoms with Crippen molar-refractivity contribution in [2.45, 2.75) is 30.7 Å². The van der Waals surface area contributed by atoms with E-state index in [0.717, 1.165) is 16.7 Å². The molecule has 4 unspecified atom stereocenters. The van der Waals surface area contributed by atoms with Gasteiger partial charge >= 0.3 is 0 Å². The Balaban J connectivity index is 1.56. The normalized spacial score (nSPS) is 29.9. The number of hydrogen-bond acceptors (Lipinski definition) is 7. The summed E-state index contributed by atoms with van der Waals surface area (Å²) in [6.07, 6.45) is -0.927. The molecule has 3 aliphatic heterocycles. The third kappa shape index (κ3) is 1.96. The summed E-state index contributed by atoms with van der Waals surface area (Å²) in [5.41, 5.74) is 3.68. The molecule has 2 N–H and O–H groups in total. The monoisotopic (exact) mass is 369 g/mol. The smallest absolute Gasteiger partial charge is 0.231 e. The van der Waals surface area contributed by atoms with Crippen LogP contribution in [0.4, 0.5) is 0 Å². The Hall–Kier alpha value is -2.48. The van der Waals surface area contributed by atoms with Crippen LogP contribution in [-0.4, -0.2) is 41.9 Å². The second kappa shape index (κ2) is 5.28. The molecule has 0 aromatic heterocycles. The van der Waals surface area contributed by atoms with Crippen LogP contribution in [0.25, 0.3) is 0 Å². The molecule has 2 aromatic rings. The molecule has 0 saturated heterocycles. The zero-order valence-corrected chi connectivity index (χ0v) is 14.7. The molecule has 3 heterocycles. The van der Waals surface area contributed by atoms with Gasteiger partial charge in [0.15, 0.2) is 23.0 Å². The fourth-order valence-electron chi connectivity index (χ4n) is 4.98. The van der Waals surface area contributed by atoms with Crippen LogP contribution in [0.15, 0.2) is 24.3 Å². The Morgan fingerprint density at radius 2 is 1.67 bits per heavy atom. The van der Waals surface area contributed by atoms with E-state index in [-0.39, 0.29) is 25.5 Å². The third-order valence-electron chi connectivity index (χ3n) is 6.19. The van der Waals surface area contributed by atoms with Crippen molar-refractivity contribution >= 4 is 0 Å². The minimum absolute atomic E-state index is 0.144. The molecule has 7 heteroatoms. The Morgan fingerprint density at radius 3 is 2.52 bits per heavy atom. The van der Waals surface area contributed by atoms with Gasteiger partial charge in [0, 0.05) is 17.5 Å². The van der Waals surface area contributed by atoms with Gasteiger partial charge in [-0.3, -0.25) is 4.90 Å². The van der Waals surface area contributed by atoms with Crippen LogP contribution in [0.1, 0.15) is 40.4 Å². The Morgan fingerprint density at radius 1 is 0.926 bits per heavy atom. The van der Waals surface area contributed by atoms with Gasteiger partial charge in [0.25, 0.3) is 0 Å². The fourth-order valence-corrected chi connectivity index (χ4v) is 4.98. The molecule has 2 aromatic carbocycles. The van der Waals surface area contributed by atoms with Gasteiger partial charge in [0.1, 0.15) is 6.23 Å². The summed E-state index contributed by atoms with van der Waals surface area (Å²) in [5, 5.41) is 22.1. The van der Waals surface area contributed by atoms with Crippen LogP contribution in [0.2, 0.25) is 0 Å². The SMILES string of the molecule is CN1C(O)c2c(ccc3c2OCO3)C2C(O)Cc3cc4c(cc3C21)OCO4. The van der Waals surface area contributed by atoms with E-state index in [1.807, 2.05) is 36.2 Å². The van der Waals surface area contributed by atoms with Crippen molar-refractivity contribution in [1.29, 1.82) is 0 Å². The number of nitrogens with zero attached hydrogens (tertiary/aromatic N) is 1. The fraction of sp³-hybridized carbons (Fsp3) is 0.400. The molecule has 0 radical (unpaired) electrons. The van der Waals surface area contributed by atoms with E-state index in [1.165, 1.54) is 0 Å². The minimum Gasteiger partial charge on any atom is -0.454 e. The number of rotatable bonds is 0. The number of aliphatic hydroxyl groups excluding tert-OH is 2. The van der Waals surface area contributed by atoms with E-state index in [1.54, 1.807) is 0 Å². The molecule has 4 aliphatic rings. The van der Waals surface area contributed by atoms with Crippen molar-refractivity contribution in [3.63, 3.8) is 0 Å². The highest BCUT2D eigenvalue weighted by atomic mass is 16.7. The van der Waals surface area contributed by atoms with E-state index in [0.29, 0.717) is 35.0 Å². The maximum atomic E-state index is 11.1. The number of hydrogen-bond donors (Lipinski definition) is 2. The number of benzene rings is 2. The number of fused-ring (bicyclic) bond motifs is 8. The van der Waals surface area contributed by atoms with E-state index >= 15 is 0 Å². The average Bonchev–Trinajstić information content (AvgIpc) is 3.31. The Bertz CT molecular complexity index is 960. The molecule has 140 valence electrons. The van der Waals surface area contributed by atoms with Gasteiger partial charge in [0.2, 0.25) is 13.6 Å². The zero-order chi connectivity index (χ0) is 18.3. The largest absolute Gasteiger partial charge is 0.454 e. The molecule has 0 fully saturated rings. The summed E-state index contributed by atoms with van der Waals surface area (Å²) in [5.74, 6) is 2.45. The van der Waals surface area contributed by atoms with Gasteiger partial charge in [-0.25, -0.2) is 0 Å². The van der Waals surface area contributed by atoms with Crippen LogP contribution in [0, 0.1) is 0 Å². The summed E-state index contributed by atoms with van der Waals surface area (Å²) in [4.78, 5) is 1.89. The second-order valence-corrected chi connectivity index (χ2v) is 7.49. The van der Waals surface area contributed by atoms with Gasteiger partial charge in [-0.15, -0.1) is 0 Å². The van der Waals surface area contributed by atoms with Crippen molar-refractivity contribution in [3.8, 4) is 23.0 Å². The predicted octanol–water partition coefficient (Wildman–Crippen LogP) is 1.82. The van der Waals surface area contributed by atoms with Crippen LogP contribution in [0.5, 0.6) is 23.0 Å². The highest BCUT2D eigenvalue weighted by Gasteiger charge is 2.48. The Labute approximate surface area is 155 Å². The standard InChI is InChI=1S/C20H19NO6/c1-21-18-11-6-15-14(25-7-26-15)5-9(11)4-12(22)16(18)10-2-3-13-19(27-8-24-13)17(10)20(21)23/h2-3,5-6,12,16,18,20,22-23H,4,7-8H2,1H3. The molecule has 7 nitrogen and oxygen atoms in total. The highest BCUT2D eigenvalue weighted by molar-refractivity contribution is 5.58. The van der Waals surface area contributed by atoms with Crippen LogP contribution >= 0.6 is 0 Å². The number of likely N-dealkylation sites (N-methyl/N-ethyl adjacent to an activating group) is 1. The van der Waals surface area contributed by atoms with Crippen LogP contribution in [0.3, 0.4) is 0 Å². The molecule has 0 amide bonds. The van der Waals surface area contributed by atoms with Crippen molar-refractivity contribution < 1.29 is 29.2 Å². The van der Waals surface area contributed by atoms with Gasteiger partial charge in [0.05, 0.1) is 6.10 Å². The van der Waals surface area contributed by atoms with E-state index in [4.69, 9.17) is 18.9 Å². The second-order valence-electron chi connectivity index (χ2n) is 7.49. The molecule has 1 aliphatic carbocycles. The quantitative estimate of drug-likeness (QED) is 0.733. The van der Waals surface area contributed by atoms with Crippen molar-refractivity contribution in [1.82, 2.24) is 4.90 Å². The lowest BCUT2D eigenvalue weighted by Gasteiger charge is -2.48. The summed E-state index contributed by atoms with van der Waals surface area (Å²) in [7, 11) is 1.87. The topological polar surface area (TPSA) is 80.6 Å². The molecule has 0 spiro atoms. The summed E-state index contributed by atoms with van der Waals surface area (Å²) in [6, 6.07) is 7.56. The molecule has 6 rings (SSSR count). The van der Waals surface area contributed by atoms with Crippen LogP contribution < -0.4 is 18.9 Å². The zero-order valence-electron chi connectivity index (χ0n) is 14.7. The van der Waals surface area contributed by atoms with Gasteiger partial charge in [-0.2, -0.15) is 0 Å². The number of ether oxygens (including phenoxy) is 4. The summed E-state index contributed by atoms with van der Waals surface area (Å²) < 4.78 is 22.2. The summed E-state index contributed by atoms with van der Waals surface area (Å²) in [6.45, 7) is 0.352. The van der Waals surface area contributed by atoms with E-state index < -0.39 is 12.3 Å². The molecule has 4 atom stereocenters. The van der Waals surface area contributed by atoms with E-state index in [9.17, 15) is 10.2 Å². The predicted molar refractivity (Wildman–Crippen MR) is 93.0 cm³/mol. The maximum Gasteiger partial charge on any atom is 0.231 e. The van der Waals surface area contributed by atoms with Gasteiger partial charge < -0.3 is 29.2 Å². The van der Waals surface area contributed by atoms with Gasteiger partial charge in [-0.05, 0) is 48.4 Å². The first-order valence-corrected chi connectivity index (χ1v) is 9.06. The average molecular weight is 369 g/mol. The van der Waals surface area contributed by atoms with Crippen LogP contribution in [-0.2, 0) is 6.42 Å². The van der Waals surface area contributed by atoms with Gasteiger partial charge in [-0.1, -0.05) is 6.07 Å². The highest BCUT2D eigenvalue weighted by Crippen LogP contribution is 2.56. The summed E-state index contributed by atoms with van der Waals surface area (Å²) >= 11 is 0. The van der Waals surface area contributed by atoms with Crippen molar-refractivity contribution in [3.05, 3.63) is 46.5 Å². The lowest BCUT2D eigenvalue weighted by Crippen LogP contribution is -2.45. The third-order valence-corrected chi connectivity index (χ3v) is 6.19. The first-order valence-electron chi connectivity index (χ1n) is 9.06. The number of aliphatic hydroxyl groups is 2. The molecule has 27 heavy (non-hydrogen) atoms. The molecule has 0 saturated carbocycles. The maximum absolute atomic E-state index is 11.1. The molecular weight excluding hydrogens is 350 g/mol. The first kappa shape index (κ1) is 15.6. The van der Waals surface area contributed by atoms with Crippen molar-refractivity contribution in [2.24, 2.45) is 0 Å². The Kier molecular flexibility index (Phi) is 3.05. The minimum atomic E-state index is -0.860. The first-order chi connectivity index (χ1) is 13.1. The lowest BCUT2D eigenvalue weighted by molar-refractivity contribution is -0.0535. The molecular formula is C20H19NO6. The van der Waals surface area contributed by atoms with Crippen molar-refractivity contribution in [2.75, 3.05) is 20.6 Å².